The van der Waals surface area contributed by atoms with Crippen molar-refractivity contribution in [2.45, 2.75) is 26.4 Å². The molecule has 1 N–H and O–H groups in total. The van der Waals surface area contributed by atoms with Crippen LogP contribution in [0, 0.1) is 5.82 Å². The molecule has 1 rings (SSSR count). The van der Waals surface area contributed by atoms with Crippen molar-refractivity contribution >= 4 is 0 Å². The number of rotatable bonds is 5. The van der Waals surface area contributed by atoms with Crippen molar-refractivity contribution in [3.05, 3.63) is 29.6 Å². The largest absolute Gasteiger partial charge is 0.488 e. The molecule has 0 amide bonds. The van der Waals surface area contributed by atoms with Crippen LogP contribution in [0.25, 0.3) is 0 Å². The first-order chi connectivity index (χ1) is 7.13. The highest BCUT2D eigenvalue weighted by molar-refractivity contribution is 5.29. The van der Waals surface area contributed by atoms with Crippen LogP contribution in [0.3, 0.4) is 0 Å². The van der Waals surface area contributed by atoms with Crippen LogP contribution < -0.4 is 10.1 Å². The Labute approximate surface area is 90.4 Å². The average molecular weight is 211 g/mol. The Morgan fingerprint density at radius 3 is 2.67 bits per heavy atom. The van der Waals surface area contributed by atoms with Gasteiger partial charge >= 0.3 is 0 Å². The predicted molar refractivity (Wildman–Crippen MR) is 59.8 cm³/mol. The molecule has 0 radical (unpaired) electrons. The van der Waals surface area contributed by atoms with Crippen LogP contribution in [-0.2, 0) is 6.42 Å². The van der Waals surface area contributed by atoms with E-state index in [4.69, 9.17) is 4.74 Å². The first kappa shape index (κ1) is 12.0. The maximum Gasteiger partial charge on any atom is 0.165 e. The molecule has 3 heteroatoms. The van der Waals surface area contributed by atoms with E-state index in [0.717, 1.165) is 18.5 Å². The molecular formula is C12H18FNO. The smallest absolute Gasteiger partial charge is 0.165 e. The topological polar surface area (TPSA) is 21.3 Å². The zero-order chi connectivity index (χ0) is 11.3. The molecule has 15 heavy (non-hydrogen) atoms. The minimum absolute atomic E-state index is 0.00246. The molecular weight excluding hydrogens is 193 g/mol. The summed E-state index contributed by atoms with van der Waals surface area (Å²) in [5, 5.41) is 3.03. The molecule has 84 valence electrons. The maximum atomic E-state index is 13.5. The van der Waals surface area contributed by atoms with Crippen molar-refractivity contribution in [1.82, 2.24) is 5.32 Å². The van der Waals surface area contributed by atoms with E-state index >= 15 is 0 Å². The third kappa shape index (κ3) is 3.88. The van der Waals surface area contributed by atoms with Gasteiger partial charge in [-0.2, -0.15) is 0 Å². The van der Waals surface area contributed by atoms with E-state index in [2.05, 4.69) is 5.32 Å². The lowest BCUT2D eigenvalue weighted by molar-refractivity contribution is 0.231. The summed E-state index contributed by atoms with van der Waals surface area (Å²) in [5.74, 6) is 0.0514. The summed E-state index contributed by atoms with van der Waals surface area (Å²) in [6.45, 7) is 4.62. The maximum absolute atomic E-state index is 13.5. The second-order valence-electron chi connectivity index (χ2n) is 3.78. The number of halogens is 1. The molecule has 1 aromatic carbocycles. The van der Waals surface area contributed by atoms with Gasteiger partial charge in [-0.3, -0.25) is 0 Å². The monoisotopic (exact) mass is 211 g/mol. The van der Waals surface area contributed by atoms with Gasteiger partial charge in [0, 0.05) is 0 Å². The molecule has 0 aliphatic rings. The third-order valence-corrected chi connectivity index (χ3v) is 2.02. The van der Waals surface area contributed by atoms with Crippen molar-refractivity contribution in [2.24, 2.45) is 0 Å². The highest BCUT2D eigenvalue weighted by Crippen LogP contribution is 2.19. The molecule has 0 aromatic heterocycles. The van der Waals surface area contributed by atoms with E-state index in [1.54, 1.807) is 6.07 Å². The van der Waals surface area contributed by atoms with Crippen LogP contribution in [-0.4, -0.2) is 19.7 Å². The molecule has 0 atom stereocenters. The summed E-state index contributed by atoms with van der Waals surface area (Å²) in [5.41, 5.74) is 0.984. The van der Waals surface area contributed by atoms with E-state index < -0.39 is 0 Å². The van der Waals surface area contributed by atoms with Gasteiger partial charge in [-0.1, -0.05) is 6.07 Å². The number of hydrogen-bond donors (Lipinski definition) is 1. The molecule has 0 fully saturated rings. The molecule has 0 unspecified atom stereocenters. The fourth-order valence-electron chi connectivity index (χ4n) is 1.32. The van der Waals surface area contributed by atoms with E-state index in [1.165, 1.54) is 6.07 Å². The van der Waals surface area contributed by atoms with E-state index in [0.29, 0.717) is 5.75 Å². The highest BCUT2D eigenvalue weighted by Gasteiger charge is 2.05. The zero-order valence-electron chi connectivity index (χ0n) is 9.51. The van der Waals surface area contributed by atoms with Crippen LogP contribution in [0.1, 0.15) is 19.4 Å². The minimum atomic E-state index is -0.280. The van der Waals surface area contributed by atoms with E-state index in [1.807, 2.05) is 27.0 Å². The normalized spacial score (nSPS) is 10.7. The van der Waals surface area contributed by atoms with Crippen LogP contribution in [0.4, 0.5) is 4.39 Å². The summed E-state index contributed by atoms with van der Waals surface area (Å²) in [6, 6.07) is 5.13. The van der Waals surface area contributed by atoms with Gasteiger partial charge in [0.2, 0.25) is 0 Å². The lowest BCUT2D eigenvalue weighted by Gasteiger charge is -2.11. The SMILES string of the molecule is CNCCc1ccc(OC(C)C)c(F)c1. The number of hydrogen-bond acceptors (Lipinski definition) is 2. The average Bonchev–Trinajstić information content (AvgIpc) is 2.18. The van der Waals surface area contributed by atoms with E-state index in [-0.39, 0.29) is 11.9 Å². The number of nitrogens with one attached hydrogen (secondary N) is 1. The van der Waals surface area contributed by atoms with Gasteiger partial charge in [-0.25, -0.2) is 4.39 Å². The number of benzene rings is 1. The quantitative estimate of drug-likeness (QED) is 0.807. The lowest BCUT2D eigenvalue weighted by atomic mass is 10.1. The highest BCUT2D eigenvalue weighted by atomic mass is 19.1. The first-order valence-corrected chi connectivity index (χ1v) is 5.23. The fourth-order valence-corrected chi connectivity index (χ4v) is 1.32. The molecule has 2 nitrogen and oxygen atoms in total. The molecule has 0 aliphatic carbocycles. The van der Waals surface area contributed by atoms with Crippen molar-refractivity contribution in [3.8, 4) is 5.75 Å². The predicted octanol–water partition coefficient (Wildman–Crippen LogP) is 2.37. The molecule has 0 spiro atoms. The van der Waals surface area contributed by atoms with Gasteiger partial charge in [0.25, 0.3) is 0 Å². The molecule has 0 saturated heterocycles. The van der Waals surface area contributed by atoms with Gasteiger partial charge in [-0.05, 0) is 51.6 Å². The van der Waals surface area contributed by atoms with Gasteiger partial charge in [0.1, 0.15) is 0 Å². The molecule has 0 saturated carbocycles. The van der Waals surface area contributed by atoms with Crippen LogP contribution in [0.5, 0.6) is 5.75 Å². The summed E-state index contributed by atoms with van der Waals surface area (Å²) in [7, 11) is 1.88. The van der Waals surface area contributed by atoms with Gasteiger partial charge in [-0.15, -0.1) is 0 Å². The Morgan fingerprint density at radius 2 is 2.13 bits per heavy atom. The fraction of sp³-hybridized carbons (Fsp3) is 0.500. The standard InChI is InChI=1S/C12H18FNO/c1-9(2)15-12-5-4-10(6-7-14-3)8-11(12)13/h4-5,8-9,14H,6-7H2,1-3H3. The molecule has 0 heterocycles. The number of likely N-dealkylation sites (N-methyl/N-ethyl adjacent to an activating group) is 1. The van der Waals surface area contributed by atoms with Gasteiger partial charge in [0.05, 0.1) is 6.10 Å². The summed E-state index contributed by atoms with van der Waals surface area (Å²) >= 11 is 0. The molecule has 0 aliphatic heterocycles. The Hall–Kier alpha value is -1.09. The van der Waals surface area contributed by atoms with Crippen LogP contribution in [0.2, 0.25) is 0 Å². The van der Waals surface area contributed by atoms with Crippen molar-refractivity contribution in [3.63, 3.8) is 0 Å². The zero-order valence-corrected chi connectivity index (χ0v) is 9.51. The Bertz CT molecular complexity index is 312. The Kier molecular flexibility index (Phi) is 4.56. The van der Waals surface area contributed by atoms with Crippen molar-refractivity contribution in [2.75, 3.05) is 13.6 Å². The van der Waals surface area contributed by atoms with Crippen molar-refractivity contribution in [1.29, 1.82) is 0 Å². The minimum Gasteiger partial charge on any atom is -0.488 e. The van der Waals surface area contributed by atoms with Gasteiger partial charge in [0.15, 0.2) is 11.6 Å². The van der Waals surface area contributed by atoms with E-state index in [9.17, 15) is 4.39 Å². The van der Waals surface area contributed by atoms with Crippen LogP contribution >= 0.6 is 0 Å². The third-order valence-electron chi connectivity index (χ3n) is 2.02. The second kappa shape index (κ2) is 5.71. The lowest BCUT2D eigenvalue weighted by Crippen LogP contribution is -2.11. The summed E-state index contributed by atoms with van der Waals surface area (Å²) in [4.78, 5) is 0. The first-order valence-electron chi connectivity index (χ1n) is 5.23. The number of ether oxygens (including phenoxy) is 1. The molecule has 0 bridgehead atoms. The van der Waals surface area contributed by atoms with Gasteiger partial charge < -0.3 is 10.1 Å². The van der Waals surface area contributed by atoms with Crippen molar-refractivity contribution < 1.29 is 9.13 Å². The Morgan fingerprint density at radius 1 is 1.40 bits per heavy atom. The second-order valence-corrected chi connectivity index (χ2v) is 3.78. The Balaban J connectivity index is 2.70. The summed E-state index contributed by atoms with van der Waals surface area (Å²) < 4.78 is 18.8. The molecule has 1 aromatic rings. The summed E-state index contributed by atoms with van der Waals surface area (Å²) in [6.07, 6.45) is 0.831. The van der Waals surface area contributed by atoms with Crippen LogP contribution in [0.15, 0.2) is 18.2 Å².